The minimum atomic E-state index is 0.357. The van der Waals surface area contributed by atoms with Gasteiger partial charge in [-0.05, 0) is 38.0 Å². The average molecular weight is 281 g/mol. The lowest BCUT2D eigenvalue weighted by Crippen LogP contribution is -2.25. The molecule has 0 spiro atoms. The highest BCUT2D eigenvalue weighted by molar-refractivity contribution is 7.13. The molecule has 1 aromatic heterocycles. The standard InChI is InChI=1S/C14H23N3OS/c1-2-10-4-3-5-12(8-10)18-14-17-16-13(19-14)9-15-11-6-7-11/h10-12,15H,2-9H2,1H3. The molecular weight excluding hydrogens is 258 g/mol. The summed E-state index contributed by atoms with van der Waals surface area (Å²) in [5, 5.41) is 13.6. The predicted molar refractivity (Wildman–Crippen MR) is 76.4 cm³/mol. The van der Waals surface area contributed by atoms with Crippen molar-refractivity contribution in [1.82, 2.24) is 15.5 Å². The highest BCUT2D eigenvalue weighted by Gasteiger charge is 2.24. The van der Waals surface area contributed by atoms with E-state index in [4.69, 9.17) is 4.74 Å². The van der Waals surface area contributed by atoms with Crippen LogP contribution in [0.2, 0.25) is 0 Å². The van der Waals surface area contributed by atoms with Crippen molar-refractivity contribution < 1.29 is 4.74 Å². The molecule has 2 aliphatic carbocycles. The molecule has 0 saturated heterocycles. The Kier molecular flexibility index (Phi) is 4.33. The normalized spacial score (nSPS) is 27.4. The summed E-state index contributed by atoms with van der Waals surface area (Å²) in [7, 11) is 0. The average Bonchev–Trinajstić information content (AvgIpc) is 3.17. The summed E-state index contributed by atoms with van der Waals surface area (Å²) < 4.78 is 6.01. The van der Waals surface area contributed by atoms with Crippen LogP contribution in [0, 0.1) is 5.92 Å². The molecular formula is C14H23N3OS. The fraction of sp³-hybridized carbons (Fsp3) is 0.857. The van der Waals surface area contributed by atoms with Gasteiger partial charge in [-0.3, -0.25) is 0 Å². The Morgan fingerprint density at radius 2 is 2.16 bits per heavy atom. The second-order valence-electron chi connectivity index (χ2n) is 5.80. The van der Waals surface area contributed by atoms with Crippen LogP contribution < -0.4 is 10.1 Å². The van der Waals surface area contributed by atoms with Crippen LogP contribution in [0.5, 0.6) is 5.19 Å². The third-order valence-corrected chi connectivity index (χ3v) is 4.96. The molecule has 3 rings (SSSR count). The minimum Gasteiger partial charge on any atom is -0.466 e. The number of ether oxygens (including phenoxy) is 1. The molecule has 2 fully saturated rings. The van der Waals surface area contributed by atoms with E-state index >= 15 is 0 Å². The smallest absolute Gasteiger partial charge is 0.294 e. The van der Waals surface area contributed by atoms with E-state index in [1.54, 1.807) is 11.3 Å². The van der Waals surface area contributed by atoms with E-state index in [1.807, 2.05) is 0 Å². The molecule has 19 heavy (non-hydrogen) atoms. The van der Waals surface area contributed by atoms with E-state index in [0.29, 0.717) is 6.10 Å². The maximum atomic E-state index is 6.01. The maximum absolute atomic E-state index is 6.01. The zero-order chi connectivity index (χ0) is 13.1. The second-order valence-corrected chi connectivity index (χ2v) is 6.82. The van der Waals surface area contributed by atoms with Crippen LogP contribution in [-0.4, -0.2) is 22.3 Å². The minimum absolute atomic E-state index is 0.357. The summed E-state index contributed by atoms with van der Waals surface area (Å²) in [6.07, 6.45) is 9.26. The predicted octanol–water partition coefficient (Wildman–Crippen LogP) is 3.14. The monoisotopic (exact) mass is 281 g/mol. The molecule has 2 atom stereocenters. The van der Waals surface area contributed by atoms with Crippen molar-refractivity contribution >= 4 is 11.3 Å². The SMILES string of the molecule is CCC1CCCC(Oc2nnc(CNC3CC3)s2)C1. The van der Waals surface area contributed by atoms with Gasteiger partial charge in [0.15, 0.2) is 0 Å². The largest absolute Gasteiger partial charge is 0.466 e. The zero-order valence-electron chi connectivity index (χ0n) is 11.6. The summed E-state index contributed by atoms with van der Waals surface area (Å²) in [5.74, 6) is 0.836. The van der Waals surface area contributed by atoms with Gasteiger partial charge in [0.25, 0.3) is 5.19 Å². The first kappa shape index (κ1) is 13.3. The number of hydrogen-bond donors (Lipinski definition) is 1. The van der Waals surface area contributed by atoms with E-state index in [0.717, 1.165) is 28.7 Å². The Labute approximate surface area is 119 Å². The van der Waals surface area contributed by atoms with Gasteiger partial charge in [-0.25, -0.2) is 0 Å². The molecule has 0 radical (unpaired) electrons. The van der Waals surface area contributed by atoms with Gasteiger partial charge in [0, 0.05) is 6.04 Å². The first-order chi connectivity index (χ1) is 9.33. The molecule has 1 heterocycles. The van der Waals surface area contributed by atoms with Crippen molar-refractivity contribution in [3.05, 3.63) is 5.01 Å². The number of rotatable bonds is 6. The Bertz CT molecular complexity index is 405. The number of nitrogens with one attached hydrogen (secondary N) is 1. The van der Waals surface area contributed by atoms with Crippen LogP contribution in [0.25, 0.3) is 0 Å². The summed E-state index contributed by atoms with van der Waals surface area (Å²) >= 11 is 1.60. The maximum Gasteiger partial charge on any atom is 0.294 e. The van der Waals surface area contributed by atoms with Gasteiger partial charge in [0.2, 0.25) is 0 Å². The first-order valence-corrected chi connectivity index (χ1v) is 8.37. The molecule has 5 heteroatoms. The Hall–Kier alpha value is -0.680. The van der Waals surface area contributed by atoms with E-state index in [-0.39, 0.29) is 0 Å². The fourth-order valence-corrected chi connectivity index (χ4v) is 3.44. The van der Waals surface area contributed by atoms with E-state index in [1.165, 1.54) is 44.9 Å². The molecule has 0 bridgehead atoms. The van der Waals surface area contributed by atoms with Crippen LogP contribution in [-0.2, 0) is 6.54 Å². The van der Waals surface area contributed by atoms with E-state index in [2.05, 4.69) is 22.4 Å². The Morgan fingerprint density at radius 1 is 1.26 bits per heavy atom. The Balaban J connectivity index is 1.48. The van der Waals surface area contributed by atoms with Crippen LogP contribution in [0.3, 0.4) is 0 Å². The van der Waals surface area contributed by atoms with Crippen LogP contribution in [0.15, 0.2) is 0 Å². The summed E-state index contributed by atoms with van der Waals surface area (Å²) in [6.45, 7) is 3.12. The summed E-state index contributed by atoms with van der Waals surface area (Å²) in [5.41, 5.74) is 0. The van der Waals surface area contributed by atoms with Gasteiger partial charge >= 0.3 is 0 Å². The summed E-state index contributed by atoms with van der Waals surface area (Å²) in [6, 6.07) is 0.719. The lowest BCUT2D eigenvalue weighted by Gasteiger charge is -2.27. The van der Waals surface area contributed by atoms with Gasteiger partial charge < -0.3 is 10.1 Å². The topological polar surface area (TPSA) is 47.0 Å². The van der Waals surface area contributed by atoms with Gasteiger partial charge in [-0.2, -0.15) is 0 Å². The van der Waals surface area contributed by atoms with Crippen molar-refractivity contribution in [2.75, 3.05) is 0 Å². The molecule has 2 unspecified atom stereocenters. The van der Waals surface area contributed by atoms with Gasteiger partial charge in [0.1, 0.15) is 11.1 Å². The van der Waals surface area contributed by atoms with Gasteiger partial charge in [-0.15, -0.1) is 5.10 Å². The molecule has 0 aromatic carbocycles. The van der Waals surface area contributed by atoms with Crippen molar-refractivity contribution in [3.63, 3.8) is 0 Å². The molecule has 106 valence electrons. The van der Waals surface area contributed by atoms with Gasteiger partial charge in [-0.1, -0.05) is 36.2 Å². The quantitative estimate of drug-likeness (QED) is 0.870. The lowest BCUT2D eigenvalue weighted by molar-refractivity contribution is 0.121. The van der Waals surface area contributed by atoms with Gasteiger partial charge in [0.05, 0.1) is 6.54 Å². The lowest BCUT2D eigenvalue weighted by atomic mass is 9.86. The van der Waals surface area contributed by atoms with E-state index in [9.17, 15) is 0 Å². The highest BCUT2D eigenvalue weighted by Crippen LogP contribution is 2.30. The summed E-state index contributed by atoms with van der Waals surface area (Å²) in [4.78, 5) is 0. The number of hydrogen-bond acceptors (Lipinski definition) is 5. The number of aromatic nitrogens is 2. The second kappa shape index (κ2) is 6.18. The number of nitrogens with zero attached hydrogens (tertiary/aromatic N) is 2. The third-order valence-electron chi connectivity index (χ3n) is 4.15. The molecule has 4 nitrogen and oxygen atoms in total. The molecule has 2 saturated carbocycles. The van der Waals surface area contributed by atoms with Crippen molar-refractivity contribution in [3.8, 4) is 5.19 Å². The van der Waals surface area contributed by atoms with Crippen molar-refractivity contribution in [1.29, 1.82) is 0 Å². The van der Waals surface area contributed by atoms with Crippen LogP contribution in [0.1, 0.15) is 56.9 Å². The van der Waals surface area contributed by atoms with E-state index < -0.39 is 0 Å². The van der Waals surface area contributed by atoms with Crippen LogP contribution in [0.4, 0.5) is 0 Å². The molecule has 1 N–H and O–H groups in total. The Morgan fingerprint density at radius 3 is 2.95 bits per heavy atom. The molecule has 0 amide bonds. The van der Waals surface area contributed by atoms with Crippen LogP contribution >= 0.6 is 11.3 Å². The zero-order valence-corrected chi connectivity index (χ0v) is 12.4. The third kappa shape index (κ3) is 3.89. The first-order valence-electron chi connectivity index (χ1n) is 7.56. The fourth-order valence-electron chi connectivity index (χ4n) is 2.74. The molecule has 2 aliphatic rings. The highest BCUT2D eigenvalue weighted by atomic mass is 32.1. The van der Waals surface area contributed by atoms with Crippen molar-refractivity contribution in [2.45, 2.75) is 70.6 Å². The van der Waals surface area contributed by atoms with Crippen molar-refractivity contribution in [2.24, 2.45) is 5.92 Å². The molecule has 1 aromatic rings. The molecule has 0 aliphatic heterocycles.